The molecular weight excluding hydrogens is 895 g/mol. The fourth-order valence-electron chi connectivity index (χ4n) is 10.1. The van der Waals surface area contributed by atoms with Gasteiger partial charge in [0.05, 0.1) is 15.2 Å². The average molecular weight is 947 g/mol. The topological polar surface area (TPSA) is 236 Å². The summed E-state index contributed by atoms with van der Waals surface area (Å²) in [6, 6.07) is 11.8. The molecule has 18 heteroatoms. The van der Waals surface area contributed by atoms with Crippen LogP contribution in [-0.2, 0) is 50.8 Å². The smallest absolute Gasteiger partial charge is 0.319 e. The Bertz CT molecular complexity index is 3290. The van der Waals surface area contributed by atoms with Crippen molar-refractivity contribution in [2.75, 3.05) is 24.5 Å². The molecule has 1 aliphatic carbocycles. The molecule has 344 valence electrons. The van der Waals surface area contributed by atoms with Gasteiger partial charge in [-0.1, -0.05) is 38.1 Å². The summed E-state index contributed by atoms with van der Waals surface area (Å²) in [7, 11) is -14.4. The zero-order chi connectivity index (χ0) is 48.0. The third-order valence-corrected chi connectivity index (χ3v) is 15.6. The molecule has 3 aliphatic rings. The molecule has 4 aromatic carbocycles. The third-order valence-electron chi connectivity index (χ3n) is 13.0. The second kappa shape index (κ2) is 16.1. The molecule has 2 heterocycles. The first-order valence-electron chi connectivity index (χ1n) is 21.0. The minimum Gasteiger partial charge on any atom is -0.480 e. The second-order valence-corrected chi connectivity index (χ2v) is 22.0. The lowest BCUT2D eigenvalue weighted by molar-refractivity contribution is -0.433. The lowest BCUT2D eigenvalue weighted by Gasteiger charge is -2.32. The van der Waals surface area contributed by atoms with Crippen LogP contribution in [0.2, 0.25) is 0 Å². The van der Waals surface area contributed by atoms with Gasteiger partial charge >= 0.3 is 5.97 Å². The van der Waals surface area contributed by atoms with Crippen molar-refractivity contribution in [3.05, 3.63) is 112 Å². The molecule has 1 unspecified atom stereocenters. The van der Waals surface area contributed by atoms with Gasteiger partial charge in [-0.2, -0.15) is 29.8 Å². The van der Waals surface area contributed by atoms with Crippen LogP contribution in [0.1, 0.15) is 78.0 Å². The summed E-state index contributed by atoms with van der Waals surface area (Å²) in [5, 5.41) is 15.3. The first-order valence-corrected chi connectivity index (χ1v) is 25.3. The Morgan fingerprint density at radius 3 is 1.94 bits per heavy atom. The number of anilines is 1. The number of hydrogen-bond donors (Lipinski definition) is 5. The SMILES string of the molecule is CCNC(=O)C1(C(=O)O)CC(/C=C/C2=[N+](CC)c3ccc4c(C)cc(S(=O)(=O)O)cc4c3C2(C)C)=CC(=C/C=C2/N(CC)c3ccc4c(S(=O)(=O)O)cc(S(=O)(=O)O)cc4c3C2(C)C)/C1. The fraction of sp³-hybridized carbons (Fsp3) is 0.340. The van der Waals surface area contributed by atoms with E-state index in [9.17, 15) is 53.6 Å². The van der Waals surface area contributed by atoms with Crippen molar-refractivity contribution in [1.82, 2.24) is 5.32 Å². The number of carboxylic acid groups (broad SMARTS) is 1. The highest BCUT2D eigenvalue weighted by molar-refractivity contribution is 7.87. The van der Waals surface area contributed by atoms with E-state index in [1.807, 2.05) is 70.7 Å². The van der Waals surface area contributed by atoms with Gasteiger partial charge in [0.1, 0.15) is 11.4 Å². The summed E-state index contributed by atoms with van der Waals surface area (Å²) < 4.78 is 107. The van der Waals surface area contributed by atoms with Crippen LogP contribution >= 0.6 is 0 Å². The van der Waals surface area contributed by atoms with Crippen LogP contribution in [0.4, 0.5) is 11.4 Å². The molecule has 0 bridgehead atoms. The van der Waals surface area contributed by atoms with E-state index < -0.39 is 68.3 Å². The maximum absolute atomic E-state index is 13.9. The van der Waals surface area contributed by atoms with Crippen LogP contribution < -0.4 is 10.2 Å². The number of nitrogens with zero attached hydrogens (tertiary/aromatic N) is 2. The van der Waals surface area contributed by atoms with Crippen LogP contribution in [0.25, 0.3) is 21.5 Å². The number of hydrogen-bond acceptors (Lipinski definition) is 9. The molecule has 0 radical (unpaired) electrons. The maximum atomic E-state index is 13.9. The highest BCUT2D eigenvalue weighted by Crippen LogP contribution is 2.52. The summed E-state index contributed by atoms with van der Waals surface area (Å²) >= 11 is 0. The van der Waals surface area contributed by atoms with Crippen molar-refractivity contribution < 1.29 is 58.2 Å². The van der Waals surface area contributed by atoms with Gasteiger partial charge in [-0.3, -0.25) is 23.2 Å². The lowest BCUT2D eigenvalue weighted by atomic mass is 9.71. The Morgan fingerprint density at radius 2 is 1.37 bits per heavy atom. The number of benzene rings is 4. The van der Waals surface area contributed by atoms with Crippen molar-refractivity contribution in [3.63, 3.8) is 0 Å². The summed E-state index contributed by atoms with van der Waals surface area (Å²) in [5.74, 6) is -1.97. The van der Waals surface area contributed by atoms with E-state index in [1.165, 1.54) is 24.3 Å². The minimum atomic E-state index is -4.95. The lowest BCUT2D eigenvalue weighted by Crippen LogP contribution is -2.48. The molecule has 1 amide bonds. The van der Waals surface area contributed by atoms with Crippen LogP contribution in [0.3, 0.4) is 0 Å². The molecule has 0 fully saturated rings. The normalized spacial score (nSPS) is 20.8. The zero-order valence-electron chi connectivity index (χ0n) is 37.2. The largest absolute Gasteiger partial charge is 0.480 e. The number of rotatable bonds is 11. The van der Waals surface area contributed by atoms with E-state index in [-0.39, 0.29) is 35.1 Å². The number of aryl methyl sites for hydroxylation is 1. The van der Waals surface area contributed by atoms with Gasteiger partial charge < -0.3 is 15.3 Å². The van der Waals surface area contributed by atoms with Gasteiger partial charge in [-0.15, -0.1) is 0 Å². The molecule has 15 nitrogen and oxygen atoms in total. The number of fused-ring (bicyclic) bond motifs is 6. The molecule has 0 saturated heterocycles. The van der Waals surface area contributed by atoms with E-state index in [0.717, 1.165) is 22.3 Å². The van der Waals surface area contributed by atoms with Crippen LogP contribution in [0, 0.1) is 12.3 Å². The van der Waals surface area contributed by atoms with Crippen molar-refractivity contribution in [3.8, 4) is 0 Å². The first kappa shape index (κ1) is 47.5. The number of carboxylic acids is 1. The number of carbonyl (C=O) groups is 2. The molecule has 7 rings (SSSR count). The standard InChI is InChI=1S/C47H51N3O12S3/c1-9-48-43(51)47(44(52)53)25-28(12-18-39-45(5,6)41-34-22-30(63(54,55)56)20-27(4)32(34)14-16-36(41)49(39)10-2)21-29(26-47)13-19-40-46(7,8)42-35-23-31(64(57,58)59)24-38(65(60,61)62)33(35)15-17-37(42)50(40)11-3/h12-24H,9-11,25-26H2,1-8H3,(H4-,48,51,52,53,54,55,56,57,58,59,60,61,62)/p+1. The number of nitrogens with one attached hydrogen (secondary N) is 1. The van der Waals surface area contributed by atoms with Crippen molar-refractivity contribution in [2.24, 2.45) is 5.41 Å². The van der Waals surface area contributed by atoms with Crippen LogP contribution in [-0.4, -0.2) is 85.8 Å². The predicted octanol–water partition coefficient (Wildman–Crippen LogP) is 7.55. The summed E-state index contributed by atoms with van der Waals surface area (Å²) in [6.07, 6.45) is 8.78. The van der Waals surface area contributed by atoms with E-state index in [2.05, 4.69) is 9.89 Å². The van der Waals surface area contributed by atoms with E-state index >= 15 is 0 Å². The Labute approximate surface area is 378 Å². The number of aliphatic carboxylic acids is 1. The highest BCUT2D eigenvalue weighted by Gasteiger charge is 2.50. The second-order valence-electron chi connectivity index (χ2n) is 17.8. The van der Waals surface area contributed by atoms with Crippen molar-refractivity contribution >= 4 is 80.9 Å². The summed E-state index contributed by atoms with van der Waals surface area (Å²) in [6.45, 7) is 16.2. The molecular formula is C47H52N3O12S3+. The van der Waals surface area contributed by atoms with Gasteiger partial charge in [-0.25, -0.2) is 0 Å². The van der Waals surface area contributed by atoms with Gasteiger partial charge in [-0.05, 0) is 135 Å². The third kappa shape index (κ3) is 7.93. The average Bonchev–Trinajstić information content (AvgIpc) is 3.58. The molecule has 0 aromatic heterocycles. The Hall–Kier alpha value is -5.50. The molecule has 65 heavy (non-hydrogen) atoms. The number of amides is 1. The minimum absolute atomic E-state index is 0.0430. The van der Waals surface area contributed by atoms with Crippen LogP contribution in [0.15, 0.2) is 110 Å². The van der Waals surface area contributed by atoms with Crippen molar-refractivity contribution in [2.45, 2.75) is 93.7 Å². The molecule has 4 aromatic rings. The number of allylic oxidation sites excluding steroid dienone is 8. The van der Waals surface area contributed by atoms with E-state index in [0.29, 0.717) is 58.2 Å². The molecule has 1 atom stereocenters. The van der Waals surface area contributed by atoms with Gasteiger partial charge in [0, 0.05) is 53.0 Å². The summed E-state index contributed by atoms with van der Waals surface area (Å²) in [4.78, 5) is 27.5. The molecule has 0 saturated carbocycles. The van der Waals surface area contributed by atoms with Gasteiger partial charge in [0.25, 0.3) is 30.4 Å². The number of carbonyl (C=O) groups excluding carboxylic acids is 1. The highest BCUT2D eigenvalue weighted by atomic mass is 32.2. The Kier molecular flexibility index (Phi) is 11.8. The first-order chi connectivity index (χ1) is 30.1. The fourth-order valence-corrected chi connectivity index (χ4v) is 12.0. The monoisotopic (exact) mass is 946 g/mol. The maximum Gasteiger partial charge on any atom is 0.319 e. The van der Waals surface area contributed by atoms with Crippen LogP contribution in [0.5, 0.6) is 0 Å². The molecule has 0 spiro atoms. The Morgan fingerprint density at radius 1 is 0.754 bits per heavy atom. The van der Waals surface area contributed by atoms with E-state index in [4.69, 9.17) is 0 Å². The summed E-state index contributed by atoms with van der Waals surface area (Å²) in [5.41, 5.74) is 2.51. The van der Waals surface area contributed by atoms with Gasteiger partial charge in [0.15, 0.2) is 11.1 Å². The Balaban J connectivity index is 1.38. The van der Waals surface area contributed by atoms with Gasteiger partial charge in [0.2, 0.25) is 11.6 Å². The molecule has 5 N–H and O–H groups in total. The molecule has 2 aliphatic heterocycles. The van der Waals surface area contributed by atoms with Crippen molar-refractivity contribution in [1.29, 1.82) is 0 Å². The van der Waals surface area contributed by atoms with E-state index in [1.54, 1.807) is 38.1 Å². The predicted molar refractivity (Wildman–Crippen MR) is 248 cm³/mol. The quantitative estimate of drug-likeness (QED) is 0.0556. The zero-order valence-corrected chi connectivity index (χ0v) is 39.7. The number of likely N-dealkylation sites (N-methyl/N-ethyl adjacent to an activating group) is 1.